The van der Waals surface area contributed by atoms with Crippen LogP contribution in [0.3, 0.4) is 0 Å². The van der Waals surface area contributed by atoms with Gasteiger partial charge in [0.1, 0.15) is 0 Å². The van der Waals surface area contributed by atoms with Gasteiger partial charge in [-0.05, 0) is 30.3 Å². The van der Waals surface area contributed by atoms with Crippen molar-refractivity contribution in [3.8, 4) is 0 Å². The van der Waals surface area contributed by atoms with Crippen LogP contribution in [0.25, 0.3) is 0 Å². The average Bonchev–Trinajstić information content (AvgIpc) is 2.45. The molecule has 0 bridgehead atoms. The standard InChI is InChI=1S/C14H8Cl3F3N2O/c15-9-5-4-7(6-8(9)14(18,19)20)21-13(23)22-11-3-1-2-10(16)12(11)17/h1-6H,(H2,21,22,23). The minimum Gasteiger partial charge on any atom is -0.308 e. The van der Waals surface area contributed by atoms with Gasteiger partial charge in [-0.15, -0.1) is 0 Å². The molecule has 0 aromatic heterocycles. The van der Waals surface area contributed by atoms with E-state index < -0.39 is 22.8 Å². The van der Waals surface area contributed by atoms with Gasteiger partial charge >= 0.3 is 12.2 Å². The van der Waals surface area contributed by atoms with Crippen molar-refractivity contribution in [1.29, 1.82) is 0 Å². The Morgan fingerprint density at radius 2 is 1.65 bits per heavy atom. The molecule has 0 heterocycles. The van der Waals surface area contributed by atoms with Crippen LogP contribution in [0, 0.1) is 0 Å². The van der Waals surface area contributed by atoms with E-state index in [-0.39, 0.29) is 21.4 Å². The second-order valence-corrected chi connectivity index (χ2v) is 5.57. The number of hydrogen-bond donors (Lipinski definition) is 2. The third-order valence-electron chi connectivity index (χ3n) is 2.73. The highest BCUT2D eigenvalue weighted by atomic mass is 35.5. The van der Waals surface area contributed by atoms with Crippen molar-refractivity contribution in [2.75, 3.05) is 10.6 Å². The van der Waals surface area contributed by atoms with Gasteiger partial charge in [0.2, 0.25) is 0 Å². The third-order valence-corrected chi connectivity index (χ3v) is 3.88. The quantitative estimate of drug-likeness (QED) is 0.627. The molecule has 2 aromatic rings. The van der Waals surface area contributed by atoms with E-state index in [1.54, 1.807) is 6.07 Å². The number of hydrogen-bond acceptors (Lipinski definition) is 1. The van der Waals surface area contributed by atoms with Crippen LogP contribution in [0.2, 0.25) is 15.1 Å². The Kier molecular flexibility index (Phi) is 5.29. The molecule has 0 aliphatic rings. The molecule has 9 heteroatoms. The van der Waals surface area contributed by atoms with Crippen molar-refractivity contribution >= 4 is 52.2 Å². The lowest BCUT2D eigenvalue weighted by Crippen LogP contribution is -2.20. The molecular formula is C14H8Cl3F3N2O. The van der Waals surface area contributed by atoms with Crippen LogP contribution in [0.5, 0.6) is 0 Å². The summed E-state index contributed by atoms with van der Waals surface area (Å²) in [6.45, 7) is 0. The van der Waals surface area contributed by atoms with E-state index in [2.05, 4.69) is 10.6 Å². The summed E-state index contributed by atoms with van der Waals surface area (Å²) in [5, 5.41) is 4.55. The van der Waals surface area contributed by atoms with E-state index in [4.69, 9.17) is 34.8 Å². The Balaban J connectivity index is 2.16. The minimum absolute atomic E-state index is 0.0719. The van der Waals surface area contributed by atoms with Crippen molar-refractivity contribution < 1.29 is 18.0 Å². The van der Waals surface area contributed by atoms with E-state index in [1.165, 1.54) is 18.2 Å². The van der Waals surface area contributed by atoms with Gasteiger partial charge in [0, 0.05) is 5.69 Å². The van der Waals surface area contributed by atoms with Crippen molar-refractivity contribution in [3.05, 3.63) is 57.0 Å². The first-order valence-corrected chi connectivity index (χ1v) is 7.20. The molecule has 0 spiro atoms. The van der Waals surface area contributed by atoms with E-state index in [9.17, 15) is 18.0 Å². The Bertz CT molecular complexity index is 751. The van der Waals surface area contributed by atoms with Crippen LogP contribution in [0.4, 0.5) is 29.3 Å². The van der Waals surface area contributed by atoms with Gasteiger partial charge in [0.05, 0.1) is 26.3 Å². The van der Waals surface area contributed by atoms with Crippen LogP contribution in [-0.2, 0) is 6.18 Å². The van der Waals surface area contributed by atoms with Crippen LogP contribution in [0.1, 0.15) is 5.56 Å². The molecule has 2 aromatic carbocycles. The largest absolute Gasteiger partial charge is 0.417 e. The first-order valence-electron chi connectivity index (χ1n) is 6.07. The number of carbonyl (C=O) groups excluding carboxylic acids is 1. The summed E-state index contributed by atoms with van der Waals surface area (Å²) < 4.78 is 38.3. The number of urea groups is 1. The number of benzene rings is 2. The fourth-order valence-corrected chi connectivity index (χ4v) is 2.28. The topological polar surface area (TPSA) is 41.1 Å². The third kappa shape index (κ3) is 4.43. The highest BCUT2D eigenvalue weighted by molar-refractivity contribution is 6.44. The second-order valence-electron chi connectivity index (χ2n) is 4.37. The van der Waals surface area contributed by atoms with Gasteiger partial charge in [0.15, 0.2) is 0 Å². The fraction of sp³-hybridized carbons (Fsp3) is 0.0714. The lowest BCUT2D eigenvalue weighted by Gasteiger charge is -2.13. The summed E-state index contributed by atoms with van der Waals surface area (Å²) in [6, 6.07) is 6.85. The molecule has 2 amide bonds. The number of amides is 2. The maximum atomic E-state index is 12.8. The summed E-state index contributed by atoms with van der Waals surface area (Å²) in [5.74, 6) is 0. The van der Waals surface area contributed by atoms with Gasteiger partial charge < -0.3 is 10.6 Å². The number of anilines is 2. The van der Waals surface area contributed by atoms with Crippen molar-refractivity contribution in [2.45, 2.75) is 6.18 Å². The lowest BCUT2D eigenvalue weighted by atomic mass is 10.2. The molecule has 0 radical (unpaired) electrons. The number of rotatable bonds is 2. The zero-order chi connectivity index (χ0) is 17.2. The first kappa shape index (κ1) is 17.7. The molecule has 2 rings (SSSR count). The molecule has 2 N–H and O–H groups in total. The number of halogens is 6. The molecule has 23 heavy (non-hydrogen) atoms. The predicted molar refractivity (Wildman–Crippen MR) is 85.6 cm³/mol. The number of alkyl halides is 3. The fourth-order valence-electron chi connectivity index (χ4n) is 1.71. The highest BCUT2D eigenvalue weighted by Crippen LogP contribution is 2.36. The summed E-state index contributed by atoms with van der Waals surface area (Å²) >= 11 is 17.2. The van der Waals surface area contributed by atoms with Gasteiger partial charge in [0.25, 0.3) is 0 Å². The van der Waals surface area contributed by atoms with Crippen LogP contribution >= 0.6 is 34.8 Å². The summed E-state index contributed by atoms with van der Waals surface area (Å²) in [7, 11) is 0. The molecule has 0 aliphatic heterocycles. The Morgan fingerprint density at radius 3 is 2.30 bits per heavy atom. The molecular weight excluding hydrogens is 376 g/mol. The van der Waals surface area contributed by atoms with Crippen LogP contribution in [0.15, 0.2) is 36.4 Å². The van der Waals surface area contributed by atoms with Crippen molar-refractivity contribution in [3.63, 3.8) is 0 Å². The number of carbonyl (C=O) groups is 1. The molecule has 122 valence electrons. The average molecular weight is 384 g/mol. The zero-order valence-electron chi connectivity index (χ0n) is 11.1. The van der Waals surface area contributed by atoms with Crippen LogP contribution < -0.4 is 10.6 Å². The normalized spacial score (nSPS) is 11.2. The number of nitrogens with one attached hydrogen (secondary N) is 2. The zero-order valence-corrected chi connectivity index (χ0v) is 13.4. The highest BCUT2D eigenvalue weighted by Gasteiger charge is 2.33. The molecule has 0 unspecified atom stereocenters. The lowest BCUT2D eigenvalue weighted by molar-refractivity contribution is -0.137. The van der Waals surface area contributed by atoms with Crippen LogP contribution in [-0.4, -0.2) is 6.03 Å². The molecule has 0 aliphatic carbocycles. The Morgan fingerprint density at radius 1 is 0.957 bits per heavy atom. The smallest absolute Gasteiger partial charge is 0.308 e. The summed E-state index contributed by atoms with van der Waals surface area (Å²) in [6.07, 6.45) is -4.62. The molecule has 0 saturated carbocycles. The molecule has 0 fully saturated rings. The van der Waals surface area contributed by atoms with Crippen molar-refractivity contribution in [1.82, 2.24) is 0 Å². The van der Waals surface area contributed by atoms with Gasteiger partial charge in [-0.3, -0.25) is 0 Å². The summed E-state index contributed by atoms with van der Waals surface area (Å²) in [4.78, 5) is 11.9. The predicted octanol–water partition coefficient (Wildman–Crippen LogP) is 6.31. The molecule has 3 nitrogen and oxygen atoms in total. The van der Waals surface area contributed by atoms with Gasteiger partial charge in [-0.2, -0.15) is 13.2 Å². The van der Waals surface area contributed by atoms with Crippen molar-refractivity contribution in [2.24, 2.45) is 0 Å². The van der Waals surface area contributed by atoms with E-state index in [1.807, 2.05) is 0 Å². The summed E-state index contributed by atoms with van der Waals surface area (Å²) in [5.41, 5.74) is -0.892. The van der Waals surface area contributed by atoms with E-state index >= 15 is 0 Å². The monoisotopic (exact) mass is 382 g/mol. The Labute approximate surface area is 144 Å². The minimum atomic E-state index is -4.62. The second kappa shape index (κ2) is 6.86. The van der Waals surface area contributed by atoms with E-state index in [0.29, 0.717) is 0 Å². The van der Waals surface area contributed by atoms with Gasteiger partial charge in [-0.25, -0.2) is 4.79 Å². The first-order chi connectivity index (χ1) is 10.7. The molecule has 0 atom stereocenters. The molecule has 0 saturated heterocycles. The maximum Gasteiger partial charge on any atom is 0.417 e. The maximum absolute atomic E-state index is 12.8. The van der Waals surface area contributed by atoms with Gasteiger partial charge in [-0.1, -0.05) is 40.9 Å². The SMILES string of the molecule is O=C(Nc1ccc(Cl)c(C(F)(F)F)c1)Nc1cccc(Cl)c1Cl. The Hall–Kier alpha value is -1.63. The van der Waals surface area contributed by atoms with E-state index in [0.717, 1.165) is 12.1 Å².